The summed E-state index contributed by atoms with van der Waals surface area (Å²) in [6.45, 7) is 9.13. The lowest BCUT2D eigenvalue weighted by Gasteiger charge is -2.15. The molecule has 1 N–H and O–H groups in total. The van der Waals surface area contributed by atoms with Gasteiger partial charge in [-0.1, -0.05) is 19.1 Å². The van der Waals surface area contributed by atoms with Crippen molar-refractivity contribution in [1.82, 2.24) is 0 Å². The summed E-state index contributed by atoms with van der Waals surface area (Å²) in [7, 11) is -8.12. The zero-order chi connectivity index (χ0) is 23.1. The maximum absolute atomic E-state index is 13.4. The van der Waals surface area contributed by atoms with Crippen LogP contribution in [0.1, 0.15) is 34.7 Å². The molecule has 0 fully saturated rings. The first-order chi connectivity index (χ1) is 14.4. The first-order valence-electron chi connectivity index (χ1n) is 9.90. The zero-order valence-electron chi connectivity index (χ0n) is 18.2. The molecule has 0 aliphatic rings. The topological polar surface area (TPSA) is 88.5 Å². The molecule has 0 aliphatic carbocycles. The summed E-state index contributed by atoms with van der Waals surface area (Å²) in [5.74, 6) is -0.464. The van der Waals surface area contributed by atoms with E-state index in [9.17, 15) is 21.9 Å². The lowest BCUT2D eigenvalue weighted by Crippen LogP contribution is -2.10. The second-order valence-electron chi connectivity index (χ2n) is 7.78. The Bertz CT molecular complexity index is 1390. The van der Waals surface area contributed by atoms with Crippen molar-refractivity contribution in [3.63, 3.8) is 0 Å². The van der Waals surface area contributed by atoms with Crippen molar-refractivity contribution in [3.8, 4) is 5.75 Å². The van der Waals surface area contributed by atoms with Gasteiger partial charge in [-0.15, -0.1) is 0 Å². The molecule has 0 aromatic heterocycles. The van der Waals surface area contributed by atoms with Gasteiger partial charge in [0, 0.05) is 0 Å². The molecule has 0 unspecified atom stereocenters. The standard InChI is InChI=1S/C24H26O5S2/c1-6-19-13-22(25)24(31(28,29)21-10-8-16(3)18(5)12-21)14-23(19)30(26,27)20-9-7-15(2)17(4)11-20/h7-14,25H,6H2,1-5H3. The number of phenols is 1. The quantitative estimate of drug-likeness (QED) is 0.590. The molecule has 0 saturated carbocycles. The van der Waals surface area contributed by atoms with Crippen molar-refractivity contribution in [3.05, 3.63) is 76.3 Å². The summed E-state index contributed by atoms with van der Waals surface area (Å²) < 4.78 is 53.4. The molecule has 0 saturated heterocycles. The van der Waals surface area contributed by atoms with E-state index in [0.717, 1.165) is 28.3 Å². The Morgan fingerprint density at radius 1 is 0.645 bits per heavy atom. The summed E-state index contributed by atoms with van der Waals surface area (Å²) in [6.07, 6.45) is 0.316. The minimum absolute atomic E-state index is 0.00433. The fourth-order valence-corrected chi connectivity index (χ4v) is 6.52. The smallest absolute Gasteiger partial charge is 0.210 e. The van der Waals surface area contributed by atoms with Gasteiger partial charge in [0.15, 0.2) is 0 Å². The molecule has 5 nitrogen and oxygen atoms in total. The van der Waals surface area contributed by atoms with Crippen molar-refractivity contribution in [2.75, 3.05) is 0 Å². The van der Waals surface area contributed by atoms with Crippen molar-refractivity contribution < 1.29 is 21.9 Å². The molecule has 31 heavy (non-hydrogen) atoms. The van der Waals surface area contributed by atoms with Gasteiger partial charge in [0.05, 0.1) is 14.7 Å². The minimum atomic E-state index is -4.13. The fraction of sp³-hybridized carbons (Fsp3) is 0.250. The summed E-state index contributed by atoms with van der Waals surface area (Å²) in [5.41, 5.74) is 3.85. The van der Waals surface area contributed by atoms with E-state index in [2.05, 4.69) is 0 Å². The van der Waals surface area contributed by atoms with Gasteiger partial charge in [-0.05, 0) is 98.3 Å². The highest BCUT2D eigenvalue weighted by Gasteiger charge is 2.29. The molecule has 3 aromatic carbocycles. The van der Waals surface area contributed by atoms with Crippen LogP contribution in [0.2, 0.25) is 0 Å². The van der Waals surface area contributed by atoms with Crippen LogP contribution in [-0.2, 0) is 26.1 Å². The first-order valence-corrected chi connectivity index (χ1v) is 12.9. The average Bonchev–Trinajstić information content (AvgIpc) is 2.71. The maximum atomic E-state index is 13.4. The van der Waals surface area contributed by atoms with Gasteiger partial charge in [0.25, 0.3) is 0 Å². The van der Waals surface area contributed by atoms with Crippen LogP contribution in [-0.4, -0.2) is 21.9 Å². The number of benzene rings is 3. The summed E-state index contributed by atoms with van der Waals surface area (Å²) in [6, 6.07) is 11.8. The van der Waals surface area contributed by atoms with E-state index >= 15 is 0 Å². The minimum Gasteiger partial charge on any atom is -0.507 e. The highest BCUT2D eigenvalue weighted by Crippen LogP contribution is 2.36. The van der Waals surface area contributed by atoms with Crippen LogP contribution in [0.15, 0.2) is 68.1 Å². The van der Waals surface area contributed by atoms with Gasteiger partial charge >= 0.3 is 0 Å². The van der Waals surface area contributed by atoms with E-state index in [4.69, 9.17) is 0 Å². The Labute approximate surface area is 184 Å². The van der Waals surface area contributed by atoms with E-state index < -0.39 is 30.3 Å². The predicted octanol–water partition coefficient (Wildman–Crippen LogP) is 4.85. The van der Waals surface area contributed by atoms with Crippen molar-refractivity contribution in [1.29, 1.82) is 0 Å². The average molecular weight is 459 g/mol. The maximum Gasteiger partial charge on any atom is 0.210 e. The van der Waals surface area contributed by atoms with Crippen LogP contribution < -0.4 is 0 Å². The summed E-state index contributed by atoms with van der Waals surface area (Å²) >= 11 is 0. The van der Waals surface area contributed by atoms with Gasteiger partial charge in [-0.2, -0.15) is 0 Å². The van der Waals surface area contributed by atoms with E-state index in [1.165, 1.54) is 24.3 Å². The molecule has 7 heteroatoms. The van der Waals surface area contributed by atoms with E-state index in [1.807, 2.05) is 20.8 Å². The van der Waals surface area contributed by atoms with Gasteiger partial charge in [0.1, 0.15) is 10.6 Å². The SMILES string of the molecule is CCc1cc(O)c(S(=O)(=O)c2ccc(C)c(C)c2)cc1S(=O)(=O)c1ccc(C)c(C)c1. The normalized spacial score (nSPS) is 12.2. The van der Waals surface area contributed by atoms with Crippen LogP contribution >= 0.6 is 0 Å². The number of sulfone groups is 2. The Kier molecular flexibility index (Phi) is 6.04. The van der Waals surface area contributed by atoms with Crippen LogP contribution in [0, 0.1) is 27.7 Å². The molecule has 3 rings (SSSR count). The molecule has 164 valence electrons. The Morgan fingerprint density at radius 3 is 1.52 bits per heavy atom. The number of hydrogen-bond acceptors (Lipinski definition) is 5. The fourth-order valence-electron chi connectivity index (χ4n) is 3.35. The second-order valence-corrected chi connectivity index (χ2v) is 11.6. The van der Waals surface area contributed by atoms with Crippen molar-refractivity contribution in [2.24, 2.45) is 0 Å². The molecule has 0 radical (unpaired) electrons. The van der Waals surface area contributed by atoms with E-state index in [-0.39, 0.29) is 14.7 Å². The van der Waals surface area contributed by atoms with Gasteiger partial charge in [0.2, 0.25) is 19.7 Å². The van der Waals surface area contributed by atoms with Gasteiger partial charge < -0.3 is 5.11 Å². The number of aromatic hydroxyl groups is 1. The third-order valence-corrected chi connectivity index (χ3v) is 9.29. The molecule has 0 spiro atoms. The Morgan fingerprint density at radius 2 is 1.10 bits per heavy atom. The zero-order valence-corrected chi connectivity index (χ0v) is 19.9. The Hall–Kier alpha value is -2.64. The van der Waals surface area contributed by atoms with Gasteiger partial charge in [-0.3, -0.25) is 0 Å². The van der Waals surface area contributed by atoms with Crippen LogP contribution in [0.3, 0.4) is 0 Å². The molecule has 0 bridgehead atoms. The van der Waals surface area contributed by atoms with Crippen LogP contribution in [0.5, 0.6) is 5.75 Å². The number of hydrogen-bond donors (Lipinski definition) is 1. The van der Waals surface area contributed by atoms with Crippen LogP contribution in [0.4, 0.5) is 0 Å². The molecule has 0 amide bonds. The molecular formula is C24H26O5S2. The van der Waals surface area contributed by atoms with Gasteiger partial charge in [-0.25, -0.2) is 16.8 Å². The van der Waals surface area contributed by atoms with E-state index in [1.54, 1.807) is 32.0 Å². The summed E-state index contributed by atoms with van der Waals surface area (Å²) in [4.78, 5) is -0.441. The lowest BCUT2D eigenvalue weighted by atomic mass is 10.1. The number of aryl methyl sites for hydroxylation is 5. The summed E-state index contributed by atoms with van der Waals surface area (Å²) in [5, 5.41) is 10.5. The predicted molar refractivity (Wildman–Crippen MR) is 120 cm³/mol. The first kappa shape index (κ1) is 23.0. The molecule has 0 heterocycles. The Balaban J connectivity index is 2.27. The van der Waals surface area contributed by atoms with E-state index in [0.29, 0.717) is 12.0 Å². The molecule has 0 aliphatic heterocycles. The second kappa shape index (κ2) is 8.13. The largest absolute Gasteiger partial charge is 0.507 e. The molecular weight excluding hydrogens is 432 g/mol. The monoisotopic (exact) mass is 458 g/mol. The van der Waals surface area contributed by atoms with Crippen molar-refractivity contribution >= 4 is 19.7 Å². The number of rotatable bonds is 5. The number of phenolic OH excluding ortho intramolecular Hbond substituents is 1. The third kappa shape index (κ3) is 4.12. The highest BCUT2D eigenvalue weighted by molar-refractivity contribution is 7.92. The van der Waals surface area contributed by atoms with Crippen LogP contribution in [0.25, 0.3) is 0 Å². The van der Waals surface area contributed by atoms with Crippen molar-refractivity contribution in [2.45, 2.75) is 60.6 Å². The molecule has 3 aromatic rings. The third-order valence-electron chi connectivity index (χ3n) is 5.68. The molecule has 0 atom stereocenters. The highest BCUT2D eigenvalue weighted by atomic mass is 32.2. The lowest BCUT2D eigenvalue weighted by molar-refractivity contribution is 0.456.